The van der Waals surface area contributed by atoms with Gasteiger partial charge < -0.3 is 16.4 Å². The third-order valence-electron chi connectivity index (χ3n) is 6.28. The summed E-state index contributed by atoms with van der Waals surface area (Å²) in [4.78, 5) is 14.3. The summed E-state index contributed by atoms with van der Waals surface area (Å²) in [7, 11) is 0. The van der Waals surface area contributed by atoms with Gasteiger partial charge in [-0.05, 0) is 49.1 Å². The second kappa shape index (κ2) is 7.88. The zero-order valence-corrected chi connectivity index (χ0v) is 17.5. The van der Waals surface area contributed by atoms with E-state index in [1.165, 1.54) is 12.1 Å². The molecule has 0 aromatic carbocycles. The molecular weight excluding hydrogens is 413 g/mol. The number of alkyl halides is 3. The molecule has 2 aromatic heterocycles. The number of piperidine rings is 1. The summed E-state index contributed by atoms with van der Waals surface area (Å²) in [5.74, 6) is 1.42. The SMILES string of the molecule is C[C@@H]1C[C@H](N)C2(CCN(c3cnc(Sc4cccnc4C(F)(F)F)c(N)n3)CC2)C1. The average molecular weight is 439 g/mol. The van der Waals surface area contributed by atoms with Crippen molar-refractivity contribution < 1.29 is 13.2 Å². The summed E-state index contributed by atoms with van der Waals surface area (Å²) in [6, 6.07) is 3.05. The van der Waals surface area contributed by atoms with Gasteiger partial charge >= 0.3 is 6.18 Å². The van der Waals surface area contributed by atoms with Crippen LogP contribution in [-0.4, -0.2) is 34.1 Å². The first-order valence-corrected chi connectivity index (χ1v) is 10.8. The number of hydrogen-bond acceptors (Lipinski definition) is 7. The first-order chi connectivity index (χ1) is 14.2. The van der Waals surface area contributed by atoms with Crippen molar-refractivity contribution in [2.24, 2.45) is 17.1 Å². The summed E-state index contributed by atoms with van der Waals surface area (Å²) in [6.45, 7) is 3.90. The van der Waals surface area contributed by atoms with Crippen molar-refractivity contribution in [3.05, 3.63) is 30.2 Å². The standard InChI is InChI=1S/C20H25F3N6S/c1-12-9-14(24)19(10-12)4-7-29(8-5-19)15-11-27-18(17(25)28-15)30-13-3-2-6-26-16(13)20(21,22)23/h2-3,6,11-12,14H,4-5,7-10,24H2,1H3,(H2,25,28)/t12-,14+/m1/s1. The maximum atomic E-state index is 13.2. The number of anilines is 2. The Labute approximate surface area is 177 Å². The smallest absolute Gasteiger partial charge is 0.381 e. The van der Waals surface area contributed by atoms with Crippen molar-refractivity contribution >= 4 is 23.4 Å². The van der Waals surface area contributed by atoms with Crippen LogP contribution in [0, 0.1) is 11.3 Å². The molecule has 2 fully saturated rings. The minimum atomic E-state index is -4.55. The van der Waals surface area contributed by atoms with E-state index in [1.807, 2.05) is 0 Å². The van der Waals surface area contributed by atoms with E-state index in [-0.39, 0.29) is 27.2 Å². The molecule has 162 valence electrons. The molecule has 6 nitrogen and oxygen atoms in total. The molecule has 0 amide bonds. The fourth-order valence-electron chi connectivity index (χ4n) is 4.77. The van der Waals surface area contributed by atoms with Gasteiger partial charge in [0.1, 0.15) is 10.8 Å². The molecule has 1 saturated carbocycles. The largest absolute Gasteiger partial charge is 0.434 e. The molecule has 0 bridgehead atoms. The Bertz CT molecular complexity index is 914. The van der Waals surface area contributed by atoms with E-state index in [2.05, 4.69) is 26.8 Å². The van der Waals surface area contributed by atoms with Crippen molar-refractivity contribution in [2.45, 2.75) is 54.7 Å². The van der Waals surface area contributed by atoms with E-state index in [0.29, 0.717) is 11.7 Å². The summed E-state index contributed by atoms with van der Waals surface area (Å²) >= 11 is 0.823. The number of rotatable bonds is 3. The van der Waals surface area contributed by atoms with E-state index in [1.54, 1.807) is 6.20 Å². The number of nitrogen functional groups attached to an aromatic ring is 1. The number of pyridine rings is 1. The maximum absolute atomic E-state index is 13.2. The number of hydrogen-bond donors (Lipinski definition) is 2. The highest BCUT2D eigenvalue weighted by atomic mass is 32.2. The number of aromatic nitrogens is 3. The van der Waals surface area contributed by atoms with Gasteiger partial charge in [0.15, 0.2) is 11.5 Å². The van der Waals surface area contributed by atoms with Crippen LogP contribution in [0.2, 0.25) is 0 Å². The van der Waals surface area contributed by atoms with Crippen LogP contribution in [0.1, 0.15) is 38.3 Å². The molecule has 0 radical (unpaired) electrons. The second-order valence-corrected chi connectivity index (χ2v) is 9.40. The molecule has 0 unspecified atom stereocenters. The van der Waals surface area contributed by atoms with E-state index in [0.717, 1.165) is 56.7 Å². The third kappa shape index (κ3) is 4.07. The Morgan fingerprint density at radius 3 is 2.57 bits per heavy atom. The highest BCUT2D eigenvalue weighted by Crippen LogP contribution is 2.48. The van der Waals surface area contributed by atoms with Crippen LogP contribution in [0.15, 0.2) is 34.4 Å². The number of halogens is 3. The predicted molar refractivity (Wildman–Crippen MR) is 110 cm³/mol. The molecular formula is C20H25F3N6S. The van der Waals surface area contributed by atoms with Gasteiger partial charge in [0.2, 0.25) is 0 Å². The summed E-state index contributed by atoms with van der Waals surface area (Å²) in [5, 5.41) is 0.234. The molecule has 1 aliphatic carbocycles. The second-order valence-electron chi connectivity index (χ2n) is 8.37. The van der Waals surface area contributed by atoms with Gasteiger partial charge in [-0.25, -0.2) is 9.97 Å². The monoisotopic (exact) mass is 438 g/mol. The van der Waals surface area contributed by atoms with Gasteiger partial charge in [0.05, 0.1) is 6.20 Å². The molecule has 2 aliphatic rings. The first kappa shape index (κ1) is 21.2. The van der Waals surface area contributed by atoms with Gasteiger partial charge in [-0.2, -0.15) is 13.2 Å². The number of nitrogens with zero attached hydrogens (tertiary/aromatic N) is 4. The molecule has 1 spiro atoms. The van der Waals surface area contributed by atoms with Gasteiger partial charge in [-0.15, -0.1) is 0 Å². The molecule has 3 heterocycles. The van der Waals surface area contributed by atoms with Gasteiger partial charge in [0, 0.05) is 30.2 Å². The molecule has 2 aromatic rings. The van der Waals surface area contributed by atoms with Gasteiger partial charge in [0.25, 0.3) is 0 Å². The van der Waals surface area contributed by atoms with Crippen LogP contribution in [0.4, 0.5) is 24.8 Å². The third-order valence-corrected chi connectivity index (χ3v) is 7.34. The van der Waals surface area contributed by atoms with Crippen LogP contribution in [0.25, 0.3) is 0 Å². The van der Waals surface area contributed by atoms with Crippen molar-refractivity contribution in [3.63, 3.8) is 0 Å². The maximum Gasteiger partial charge on any atom is 0.434 e. The fraction of sp³-hybridized carbons (Fsp3) is 0.550. The summed E-state index contributed by atoms with van der Waals surface area (Å²) in [5.41, 5.74) is 11.7. The zero-order chi connectivity index (χ0) is 21.5. The van der Waals surface area contributed by atoms with E-state index >= 15 is 0 Å². The Balaban J connectivity index is 1.48. The minimum absolute atomic E-state index is 0.0528. The molecule has 1 aliphatic heterocycles. The van der Waals surface area contributed by atoms with Crippen molar-refractivity contribution in [1.29, 1.82) is 0 Å². The lowest BCUT2D eigenvalue weighted by Gasteiger charge is -2.42. The van der Waals surface area contributed by atoms with Crippen molar-refractivity contribution in [3.8, 4) is 0 Å². The molecule has 2 atom stereocenters. The number of nitrogens with two attached hydrogens (primary N) is 2. The van der Waals surface area contributed by atoms with Crippen LogP contribution >= 0.6 is 11.8 Å². The Hall–Kier alpha value is -2.07. The minimum Gasteiger partial charge on any atom is -0.381 e. The molecule has 10 heteroatoms. The van der Waals surface area contributed by atoms with Crippen molar-refractivity contribution in [2.75, 3.05) is 23.7 Å². The summed E-state index contributed by atoms with van der Waals surface area (Å²) < 4.78 is 39.5. The Morgan fingerprint density at radius 1 is 1.23 bits per heavy atom. The van der Waals surface area contributed by atoms with Gasteiger partial charge in [-0.1, -0.05) is 18.7 Å². The highest BCUT2D eigenvalue weighted by molar-refractivity contribution is 7.99. The molecule has 30 heavy (non-hydrogen) atoms. The fourth-order valence-corrected chi connectivity index (χ4v) is 5.65. The van der Waals surface area contributed by atoms with Crippen LogP contribution in [0.5, 0.6) is 0 Å². The Kier molecular flexibility index (Phi) is 5.56. The first-order valence-electron chi connectivity index (χ1n) is 10.0. The van der Waals surface area contributed by atoms with Gasteiger partial charge in [-0.3, -0.25) is 4.98 Å². The Morgan fingerprint density at radius 2 is 1.97 bits per heavy atom. The zero-order valence-electron chi connectivity index (χ0n) is 16.7. The topological polar surface area (TPSA) is 94.0 Å². The average Bonchev–Trinajstić information content (AvgIpc) is 2.96. The summed E-state index contributed by atoms with van der Waals surface area (Å²) in [6.07, 6.45) is 2.39. The highest BCUT2D eigenvalue weighted by Gasteiger charge is 2.45. The van der Waals surface area contributed by atoms with Crippen LogP contribution < -0.4 is 16.4 Å². The van der Waals surface area contributed by atoms with Crippen molar-refractivity contribution in [1.82, 2.24) is 15.0 Å². The molecule has 4 N–H and O–H groups in total. The molecule has 1 saturated heterocycles. The van der Waals surface area contributed by atoms with E-state index in [9.17, 15) is 13.2 Å². The predicted octanol–water partition coefficient (Wildman–Crippen LogP) is 3.97. The van der Waals surface area contributed by atoms with E-state index in [4.69, 9.17) is 11.5 Å². The van der Waals surface area contributed by atoms with Crippen LogP contribution in [-0.2, 0) is 6.18 Å². The van der Waals surface area contributed by atoms with Crippen LogP contribution in [0.3, 0.4) is 0 Å². The lowest BCUT2D eigenvalue weighted by atomic mass is 9.74. The quantitative estimate of drug-likeness (QED) is 0.749. The molecule has 4 rings (SSSR count). The lowest BCUT2D eigenvalue weighted by molar-refractivity contribution is -0.143. The lowest BCUT2D eigenvalue weighted by Crippen LogP contribution is -2.47. The normalized spacial score (nSPS) is 23.8. The van der Waals surface area contributed by atoms with E-state index < -0.39 is 11.9 Å².